The Hall–Kier alpha value is -3.16. The Morgan fingerprint density at radius 3 is 2.65 bits per heavy atom. The number of nitrogens with one attached hydrogen (secondary N) is 2. The number of hydrogen-bond acceptors (Lipinski definition) is 5. The highest BCUT2D eigenvalue weighted by atomic mass is 16.5. The molecule has 0 bridgehead atoms. The van der Waals surface area contributed by atoms with Gasteiger partial charge in [0.2, 0.25) is 0 Å². The number of carbonyl (C=O) groups excluding carboxylic acids is 3. The first kappa shape index (κ1) is 21.1. The molecule has 2 aromatic rings. The van der Waals surface area contributed by atoms with Gasteiger partial charge in [-0.25, -0.2) is 14.3 Å². The molecule has 1 aromatic heterocycles. The van der Waals surface area contributed by atoms with Crippen LogP contribution in [0.2, 0.25) is 0 Å². The molecule has 0 radical (unpaired) electrons. The summed E-state index contributed by atoms with van der Waals surface area (Å²) in [4.78, 5) is 36.8. The number of para-hydroxylation sites is 1. The van der Waals surface area contributed by atoms with Crippen molar-refractivity contribution in [2.75, 3.05) is 6.61 Å². The maximum atomic E-state index is 12.6. The van der Waals surface area contributed by atoms with Crippen LogP contribution in [-0.2, 0) is 22.4 Å². The Kier molecular flexibility index (Phi) is 6.34. The van der Waals surface area contributed by atoms with Gasteiger partial charge in [-0.05, 0) is 50.2 Å². The van der Waals surface area contributed by atoms with Crippen molar-refractivity contribution in [3.05, 3.63) is 47.3 Å². The molecule has 2 atom stereocenters. The molecule has 2 unspecified atom stereocenters. The van der Waals surface area contributed by atoms with Crippen LogP contribution in [-0.4, -0.2) is 40.3 Å². The summed E-state index contributed by atoms with van der Waals surface area (Å²) in [6.07, 6.45) is 6.75. The second kappa shape index (κ2) is 9.32. The highest BCUT2D eigenvalue weighted by Crippen LogP contribution is 2.28. The minimum Gasteiger partial charge on any atom is -0.451 e. The molecular weight excluding hydrogens is 396 g/mol. The summed E-state index contributed by atoms with van der Waals surface area (Å²) >= 11 is 0. The van der Waals surface area contributed by atoms with Gasteiger partial charge in [-0.3, -0.25) is 10.1 Å². The molecule has 2 aliphatic carbocycles. The molecule has 164 valence electrons. The Labute approximate surface area is 181 Å². The van der Waals surface area contributed by atoms with E-state index in [9.17, 15) is 14.4 Å². The zero-order valence-corrected chi connectivity index (χ0v) is 17.7. The predicted molar refractivity (Wildman–Crippen MR) is 114 cm³/mol. The molecule has 3 amide bonds. The number of carbonyl (C=O) groups is 3. The SMILES string of the molecule is CC1CCCCC1NC(=O)NC(=O)COC(=O)c1nn(-c2ccccc2)c2c1CCC2. The van der Waals surface area contributed by atoms with E-state index in [1.807, 2.05) is 30.3 Å². The van der Waals surface area contributed by atoms with Gasteiger partial charge in [0.15, 0.2) is 12.3 Å². The predicted octanol–water partition coefficient (Wildman–Crippen LogP) is 2.92. The monoisotopic (exact) mass is 424 g/mol. The lowest BCUT2D eigenvalue weighted by molar-refractivity contribution is -0.123. The first-order valence-corrected chi connectivity index (χ1v) is 11.0. The second-order valence-electron chi connectivity index (χ2n) is 8.34. The normalized spacial score (nSPS) is 20.0. The Morgan fingerprint density at radius 2 is 1.87 bits per heavy atom. The lowest BCUT2D eigenvalue weighted by Crippen LogP contribution is -2.48. The summed E-state index contributed by atoms with van der Waals surface area (Å²) in [6.45, 7) is 1.57. The van der Waals surface area contributed by atoms with Gasteiger partial charge in [0.1, 0.15) is 0 Å². The van der Waals surface area contributed by atoms with Crippen LogP contribution in [0.3, 0.4) is 0 Å². The van der Waals surface area contributed by atoms with E-state index in [2.05, 4.69) is 22.7 Å². The molecule has 2 aliphatic rings. The summed E-state index contributed by atoms with van der Waals surface area (Å²) in [5, 5.41) is 9.55. The van der Waals surface area contributed by atoms with E-state index in [-0.39, 0.29) is 11.7 Å². The number of fused-ring (bicyclic) bond motifs is 1. The van der Waals surface area contributed by atoms with Crippen LogP contribution >= 0.6 is 0 Å². The number of benzene rings is 1. The maximum absolute atomic E-state index is 12.6. The maximum Gasteiger partial charge on any atom is 0.359 e. The van der Waals surface area contributed by atoms with E-state index < -0.39 is 24.5 Å². The van der Waals surface area contributed by atoms with Gasteiger partial charge in [-0.1, -0.05) is 38.0 Å². The van der Waals surface area contributed by atoms with Crippen LogP contribution < -0.4 is 10.6 Å². The van der Waals surface area contributed by atoms with E-state index >= 15 is 0 Å². The third-order valence-electron chi connectivity index (χ3n) is 6.14. The van der Waals surface area contributed by atoms with Crippen molar-refractivity contribution in [2.45, 2.75) is 57.9 Å². The van der Waals surface area contributed by atoms with Gasteiger partial charge in [0, 0.05) is 17.3 Å². The zero-order valence-electron chi connectivity index (χ0n) is 17.7. The number of esters is 1. The number of imide groups is 1. The van der Waals surface area contributed by atoms with Crippen LogP contribution in [0.5, 0.6) is 0 Å². The fourth-order valence-electron chi connectivity index (χ4n) is 4.48. The lowest BCUT2D eigenvalue weighted by Gasteiger charge is -2.29. The topological polar surface area (TPSA) is 102 Å². The van der Waals surface area contributed by atoms with Crippen molar-refractivity contribution < 1.29 is 19.1 Å². The molecule has 1 saturated carbocycles. The number of rotatable bonds is 5. The van der Waals surface area contributed by atoms with Gasteiger partial charge in [-0.2, -0.15) is 5.10 Å². The van der Waals surface area contributed by atoms with E-state index in [1.54, 1.807) is 4.68 Å². The summed E-state index contributed by atoms with van der Waals surface area (Å²) in [5.74, 6) is -0.924. The summed E-state index contributed by atoms with van der Waals surface area (Å²) in [6, 6.07) is 9.13. The first-order chi connectivity index (χ1) is 15.0. The number of aromatic nitrogens is 2. The molecule has 8 nitrogen and oxygen atoms in total. The van der Waals surface area contributed by atoms with Gasteiger partial charge >= 0.3 is 12.0 Å². The Bertz CT molecular complexity index is 969. The molecule has 8 heteroatoms. The molecule has 31 heavy (non-hydrogen) atoms. The average molecular weight is 425 g/mol. The molecule has 1 fully saturated rings. The van der Waals surface area contributed by atoms with E-state index in [1.165, 1.54) is 6.42 Å². The van der Waals surface area contributed by atoms with Crippen LogP contribution in [0, 0.1) is 5.92 Å². The summed E-state index contributed by atoms with van der Waals surface area (Å²) < 4.78 is 6.95. The zero-order chi connectivity index (χ0) is 21.8. The number of ether oxygens (including phenoxy) is 1. The van der Waals surface area contributed by atoms with Crippen LogP contribution in [0.15, 0.2) is 30.3 Å². The number of urea groups is 1. The minimum absolute atomic E-state index is 0.0636. The summed E-state index contributed by atoms with van der Waals surface area (Å²) in [7, 11) is 0. The quantitative estimate of drug-likeness (QED) is 0.719. The Balaban J connectivity index is 1.34. The Morgan fingerprint density at radius 1 is 1.10 bits per heavy atom. The standard InChI is InChI=1S/C23H28N4O4/c1-15-8-5-6-12-18(15)24-23(30)25-20(28)14-31-22(29)21-17-11-7-13-19(17)27(26-21)16-9-3-2-4-10-16/h2-4,9-10,15,18H,5-8,11-14H2,1H3,(H2,24,25,28,30). The molecule has 2 N–H and O–H groups in total. The average Bonchev–Trinajstić information content (AvgIpc) is 3.37. The van der Waals surface area contributed by atoms with Crippen molar-refractivity contribution in [2.24, 2.45) is 5.92 Å². The summed E-state index contributed by atoms with van der Waals surface area (Å²) in [5.41, 5.74) is 3.00. The number of hydrogen-bond donors (Lipinski definition) is 2. The van der Waals surface area contributed by atoms with Gasteiger partial charge in [0.25, 0.3) is 5.91 Å². The van der Waals surface area contributed by atoms with Crippen LogP contribution in [0.25, 0.3) is 5.69 Å². The number of nitrogens with zero attached hydrogens (tertiary/aromatic N) is 2. The van der Waals surface area contributed by atoms with Gasteiger partial charge in [0.05, 0.1) is 5.69 Å². The molecular formula is C23H28N4O4. The molecule has 4 rings (SSSR count). The molecule has 0 aliphatic heterocycles. The third kappa shape index (κ3) is 4.78. The van der Waals surface area contributed by atoms with E-state index in [0.717, 1.165) is 55.5 Å². The van der Waals surface area contributed by atoms with E-state index in [4.69, 9.17) is 4.74 Å². The molecule has 1 heterocycles. The minimum atomic E-state index is -0.659. The van der Waals surface area contributed by atoms with E-state index in [0.29, 0.717) is 5.92 Å². The van der Waals surface area contributed by atoms with Crippen molar-refractivity contribution >= 4 is 17.9 Å². The van der Waals surface area contributed by atoms with Crippen molar-refractivity contribution in [1.29, 1.82) is 0 Å². The van der Waals surface area contributed by atoms with Crippen molar-refractivity contribution in [3.63, 3.8) is 0 Å². The van der Waals surface area contributed by atoms with Gasteiger partial charge in [-0.15, -0.1) is 0 Å². The molecule has 1 aromatic carbocycles. The van der Waals surface area contributed by atoms with Gasteiger partial charge < -0.3 is 10.1 Å². The largest absolute Gasteiger partial charge is 0.451 e. The number of amides is 3. The van der Waals surface area contributed by atoms with Crippen LogP contribution in [0.1, 0.15) is 60.8 Å². The fraction of sp³-hybridized carbons (Fsp3) is 0.478. The smallest absolute Gasteiger partial charge is 0.359 e. The highest BCUT2D eigenvalue weighted by molar-refractivity contribution is 5.97. The molecule has 0 saturated heterocycles. The fourth-order valence-corrected chi connectivity index (χ4v) is 4.48. The van der Waals surface area contributed by atoms with Crippen LogP contribution in [0.4, 0.5) is 4.79 Å². The third-order valence-corrected chi connectivity index (χ3v) is 6.14. The molecule has 0 spiro atoms. The lowest BCUT2D eigenvalue weighted by atomic mass is 9.86. The van der Waals surface area contributed by atoms with Crippen molar-refractivity contribution in [3.8, 4) is 5.69 Å². The highest BCUT2D eigenvalue weighted by Gasteiger charge is 2.28. The van der Waals surface area contributed by atoms with Crippen molar-refractivity contribution in [1.82, 2.24) is 20.4 Å². The second-order valence-corrected chi connectivity index (χ2v) is 8.34. The first-order valence-electron chi connectivity index (χ1n) is 11.0.